The SMILES string of the molecule is CC(=O)Oc1c2c(c(Cl)c3ccccc13)C(=O)c1c(O)cccc1C2=O. The second kappa shape index (κ2) is 5.68. The van der Waals surface area contributed by atoms with Crippen molar-refractivity contribution in [2.24, 2.45) is 0 Å². The minimum atomic E-state index is -0.623. The van der Waals surface area contributed by atoms with E-state index in [1.807, 2.05) is 0 Å². The van der Waals surface area contributed by atoms with E-state index < -0.39 is 17.5 Å². The molecule has 3 aromatic carbocycles. The highest BCUT2D eigenvalue weighted by molar-refractivity contribution is 6.44. The van der Waals surface area contributed by atoms with Crippen molar-refractivity contribution in [1.29, 1.82) is 0 Å². The van der Waals surface area contributed by atoms with Gasteiger partial charge in [0.2, 0.25) is 0 Å². The van der Waals surface area contributed by atoms with Crippen molar-refractivity contribution < 1.29 is 24.2 Å². The van der Waals surface area contributed by atoms with E-state index >= 15 is 0 Å². The Bertz CT molecular complexity index is 1150. The van der Waals surface area contributed by atoms with Crippen LogP contribution in [0.5, 0.6) is 11.5 Å². The second-order valence-corrected chi connectivity index (χ2v) is 6.27. The number of phenolic OH excluding ortho intramolecular Hbond substituents is 1. The number of hydrogen-bond acceptors (Lipinski definition) is 5. The van der Waals surface area contributed by atoms with Gasteiger partial charge in [-0.2, -0.15) is 0 Å². The fourth-order valence-corrected chi connectivity index (χ4v) is 3.62. The van der Waals surface area contributed by atoms with Crippen LogP contribution < -0.4 is 4.74 Å². The third-order valence-corrected chi connectivity index (χ3v) is 4.71. The molecule has 26 heavy (non-hydrogen) atoms. The van der Waals surface area contributed by atoms with Crippen LogP contribution in [0.4, 0.5) is 0 Å². The second-order valence-electron chi connectivity index (χ2n) is 5.89. The molecule has 0 bridgehead atoms. The molecule has 6 heteroatoms. The van der Waals surface area contributed by atoms with Crippen molar-refractivity contribution in [1.82, 2.24) is 0 Å². The third-order valence-electron chi connectivity index (χ3n) is 4.32. The lowest BCUT2D eigenvalue weighted by Gasteiger charge is -2.23. The van der Waals surface area contributed by atoms with Crippen molar-refractivity contribution in [3.8, 4) is 11.5 Å². The molecule has 5 nitrogen and oxygen atoms in total. The molecule has 4 rings (SSSR count). The van der Waals surface area contributed by atoms with Crippen molar-refractivity contribution >= 4 is 39.9 Å². The number of halogens is 1. The van der Waals surface area contributed by atoms with Gasteiger partial charge >= 0.3 is 5.97 Å². The Morgan fingerprint density at radius 3 is 2.31 bits per heavy atom. The molecule has 0 aromatic heterocycles. The lowest BCUT2D eigenvalue weighted by molar-refractivity contribution is -0.131. The molecule has 0 saturated heterocycles. The summed E-state index contributed by atoms with van der Waals surface area (Å²) in [6.45, 7) is 1.21. The molecule has 0 unspecified atom stereocenters. The Labute approximate surface area is 152 Å². The number of carbonyl (C=O) groups is 3. The molecular weight excluding hydrogens is 356 g/mol. The smallest absolute Gasteiger partial charge is 0.308 e. The quantitative estimate of drug-likeness (QED) is 0.408. The molecule has 0 atom stereocenters. The zero-order chi connectivity index (χ0) is 18.6. The maximum atomic E-state index is 13.1. The lowest BCUT2D eigenvalue weighted by Crippen LogP contribution is -2.23. The normalized spacial score (nSPS) is 12.7. The van der Waals surface area contributed by atoms with Gasteiger partial charge in [0.25, 0.3) is 0 Å². The average Bonchev–Trinajstić information content (AvgIpc) is 2.61. The van der Waals surface area contributed by atoms with E-state index in [1.165, 1.54) is 25.1 Å². The van der Waals surface area contributed by atoms with Gasteiger partial charge in [0, 0.05) is 23.3 Å². The highest BCUT2D eigenvalue weighted by atomic mass is 35.5. The summed E-state index contributed by atoms with van der Waals surface area (Å²) < 4.78 is 5.31. The van der Waals surface area contributed by atoms with E-state index in [4.69, 9.17) is 16.3 Å². The van der Waals surface area contributed by atoms with Gasteiger partial charge in [0.15, 0.2) is 17.3 Å². The molecule has 0 aliphatic heterocycles. The summed E-state index contributed by atoms with van der Waals surface area (Å²) in [6.07, 6.45) is 0. The largest absolute Gasteiger partial charge is 0.507 e. The van der Waals surface area contributed by atoms with Gasteiger partial charge in [-0.1, -0.05) is 48.0 Å². The van der Waals surface area contributed by atoms with Crippen molar-refractivity contribution in [2.75, 3.05) is 0 Å². The van der Waals surface area contributed by atoms with Crippen molar-refractivity contribution in [3.63, 3.8) is 0 Å². The Balaban J connectivity index is 2.18. The first-order valence-electron chi connectivity index (χ1n) is 7.75. The highest BCUT2D eigenvalue weighted by Crippen LogP contribution is 2.45. The van der Waals surface area contributed by atoms with Crippen LogP contribution in [0.15, 0.2) is 42.5 Å². The number of benzene rings is 3. The number of ether oxygens (including phenoxy) is 1. The highest BCUT2D eigenvalue weighted by Gasteiger charge is 2.38. The molecule has 3 aromatic rings. The predicted octanol–water partition coefficient (Wildman–Crippen LogP) is 3.90. The van der Waals surface area contributed by atoms with E-state index in [-0.39, 0.29) is 38.8 Å². The van der Waals surface area contributed by atoms with Crippen LogP contribution >= 0.6 is 11.6 Å². The molecule has 0 saturated carbocycles. The number of aromatic hydroxyl groups is 1. The molecule has 1 aliphatic rings. The molecule has 0 amide bonds. The summed E-state index contributed by atoms with van der Waals surface area (Å²) in [5.74, 6) is -2.04. The summed E-state index contributed by atoms with van der Waals surface area (Å²) in [5.41, 5.74) is -0.189. The van der Waals surface area contributed by atoms with E-state index in [0.717, 1.165) is 0 Å². The molecule has 128 valence electrons. The molecule has 1 aliphatic carbocycles. The number of fused-ring (bicyclic) bond motifs is 3. The zero-order valence-electron chi connectivity index (χ0n) is 13.5. The molecule has 1 N–H and O–H groups in total. The standard InChI is InChI=1S/C20H11ClO5/c1-9(22)26-20-11-6-3-2-5-10(11)17(21)15-16(20)18(24)12-7-4-8-13(23)14(12)19(15)25/h2-8,23H,1H3. The summed E-state index contributed by atoms with van der Waals surface area (Å²) in [4.78, 5) is 37.8. The Morgan fingerprint density at radius 1 is 0.923 bits per heavy atom. The summed E-state index contributed by atoms with van der Waals surface area (Å²) >= 11 is 6.45. The number of phenols is 1. The molecule has 0 spiro atoms. The van der Waals surface area contributed by atoms with Crippen LogP contribution in [0.1, 0.15) is 38.8 Å². The van der Waals surface area contributed by atoms with Crippen LogP contribution in [-0.2, 0) is 4.79 Å². The van der Waals surface area contributed by atoms with Gasteiger partial charge in [-0.15, -0.1) is 0 Å². The number of ketones is 2. The number of hydrogen-bond donors (Lipinski definition) is 1. The first-order valence-corrected chi connectivity index (χ1v) is 8.13. The van der Waals surface area contributed by atoms with E-state index in [9.17, 15) is 19.5 Å². The molecule has 0 heterocycles. The number of carbonyl (C=O) groups excluding carboxylic acids is 3. The maximum absolute atomic E-state index is 13.1. The van der Waals surface area contributed by atoms with Crippen LogP contribution in [0.25, 0.3) is 10.8 Å². The van der Waals surface area contributed by atoms with Gasteiger partial charge in [-0.05, 0) is 6.07 Å². The minimum Gasteiger partial charge on any atom is -0.507 e. The van der Waals surface area contributed by atoms with Gasteiger partial charge in [-0.3, -0.25) is 14.4 Å². The summed E-state index contributed by atoms with van der Waals surface area (Å²) in [7, 11) is 0. The minimum absolute atomic E-state index is 0.000146. The first-order chi connectivity index (χ1) is 12.4. The molecule has 0 fully saturated rings. The zero-order valence-corrected chi connectivity index (χ0v) is 14.3. The Morgan fingerprint density at radius 2 is 1.62 bits per heavy atom. The third kappa shape index (κ3) is 2.14. The van der Waals surface area contributed by atoms with Gasteiger partial charge < -0.3 is 9.84 Å². The van der Waals surface area contributed by atoms with Crippen molar-refractivity contribution in [2.45, 2.75) is 6.92 Å². The van der Waals surface area contributed by atoms with Crippen LogP contribution in [0.2, 0.25) is 5.02 Å². The maximum Gasteiger partial charge on any atom is 0.308 e. The summed E-state index contributed by atoms with van der Waals surface area (Å²) in [5, 5.41) is 11.1. The van der Waals surface area contributed by atoms with E-state index in [0.29, 0.717) is 10.8 Å². The Kier molecular flexibility index (Phi) is 3.56. The van der Waals surface area contributed by atoms with E-state index in [1.54, 1.807) is 24.3 Å². The fourth-order valence-electron chi connectivity index (χ4n) is 3.27. The van der Waals surface area contributed by atoms with Gasteiger partial charge in [0.1, 0.15) is 5.75 Å². The fraction of sp³-hybridized carbons (Fsp3) is 0.0500. The lowest BCUT2D eigenvalue weighted by atomic mass is 9.81. The average molecular weight is 367 g/mol. The van der Waals surface area contributed by atoms with Crippen molar-refractivity contribution in [3.05, 3.63) is 69.7 Å². The van der Waals surface area contributed by atoms with E-state index in [2.05, 4.69) is 0 Å². The topological polar surface area (TPSA) is 80.7 Å². The number of rotatable bonds is 1. The predicted molar refractivity (Wildman–Crippen MR) is 95.2 cm³/mol. The monoisotopic (exact) mass is 366 g/mol. The van der Waals surface area contributed by atoms with Crippen LogP contribution in [0.3, 0.4) is 0 Å². The summed E-state index contributed by atoms with van der Waals surface area (Å²) in [6, 6.07) is 11.0. The van der Waals surface area contributed by atoms with Gasteiger partial charge in [0.05, 0.1) is 21.7 Å². The first kappa shape index (κ1) is 16.3. The van der Waals surface area contributed by atoms with Crippen LogP contribution in [-0.4, -0.2) is 22.6 Å². The molecule has 0 radical (unpaired) electrons. The van der Waals surface area contributed by atoms with Gasteiger partial charge in [-0.25, -0.2) is 0 Å². The van der Waals surface area contributed by atoms with Crippen LogP contribution in [0, 0.1) is 0 Å². The molecular formula is C20H11ClO5. The number of esters is 1. The Hall–Kier alpha value is -3.18.